The first-order valence-electron chi connectivity index (χ1n) is 11.5. The number of nitrogens with zero attached hydrogens (tertiary/aromatic N) is 6. The monoisotopic (exact) mass is 456 g/mol. The number of halogens is 1. The van der Waals surface area contributed by atoms with Gasteiger partial charge in [-0.05, 0) is 37.1 Å². The number of hydrogen-bond acceptors (Lipinski definition) is 6. The molecule has 0 N–H and O–H groups in total. The summed E-state index contributed by atoms with van der Waals surface area (Å²) in [6.07, 6.45) is 7.48. The molecule has 5 heterocycles. The fraction of sp³-hybridized carbons (Fsp3) is 0.308. The third kappa shape index (κ3) is 4.00. The minimum absolute atomic E-state index is 0.367. The number of aromatic nitrogens is 4. The summed E-state index contributed by atoms with van der Waals surface area (Å²) in [5, 5.41) is 1.86. The quantitative estimate of drug-likeness (QED) is 0.427. The molecule has 4 aromatic rings. The third-order valence-corrected chi connectivity index (χ3v) is 7.07. The van der Waals surface area contributed by atoms with Crippen molar-refractivity contribution in [3.63, 3.8) is 0 Å². The largest absolute Gasteiger partial charge is 0.355 e. The van der Waals surface area contributed by atoms with E-state index in [0.29, 0.717) is 16.9 Å². The fourth-order valence-corrected chi connectivity index (χ4v) is 5.07. The van der Waals surface area contributed by atoms with Gasteiger partial charge in [-0.1, -0.05) is 35.9 Å². The normalized spacial score (nSPS) is 17.4. The van der Waals surface area contributed by atoms with Gasteiger partial charge in [0.25, 0.3) is 0 Å². The molecule has 33 heavy (non-hydrogen) atoms. The Morgan fingerprint density at radius 2 is 1.61 bits per heavy atom. The highest BCUT2D eigenvalue weighted by Gasteiger charge is 2.34. The highest BCUT2D eigenvalue weighted by Crippen LogP contribution is 2.36. The van der Waals surface area contributed by atoms with Crippen molar-refractivity contribution in [2.75, 3.05) is 36.0 Å². The van der Waals surface area contributed by atoms with E-state index in [1.54, 1.807) is 6.20 Å². The molecule has 2 saturated heterocycles. The third-order valence-electron chi connectivity index (χ3n) is 6.84. The second-order valence-corrected chi connectivity index (χ2v) is 9.33. The highest BCUT2D eigenvalue weighted by atomic mass is 35.5. The molecule has 0 radical (unpaired) electrons. The molecule has 0 saturated carbocycles. The molecular formula is C26H25ClN6. The average Bonchev–Trinajstić information content (AvgIpc) is 2.84. The van der Waals surface area contributed by atoms with Crippen molar-refractivity contribution in [2.24, 2.45) is 0 Å². The maximum absolute atomic E-state index is 5.98. The summed E-state index contributed by atoms with van der Waals surface area (Å²) in [7, 11) is 0. The van der Waals surface area contributed by atoms with E-state index < -0.39 is 0 Å². The molecule has 2 aliphatic heterocycles. The van der Waals surface area contributed by atoms with Crippen LogP contribution in [0.25, 0.3) is 10.9 Å². The van der Waals surface area contributed by atoms with Crippen molar-refractivity contribution in [1.82, 2.24) is 19.9 Å². The average molecular weight is 457 g/mol. The molecule has 2 aliphatic rings. The van der Waals surface area contributed by atoms with E-state index in [0.717, 1.165) is 61.9 Å². The molecule has 1 aromatic carbocycles. The topological polar surface area (TPSA) is 58.0 Å². The lowest BCUT2D eigenvalue weighted by Crippen LogP contribution is -2.46. The molecule has 0 aliphatic carbocycles. The molecule has 7 heteroatoms. The van der Waals surface area contributed by atoms with Gasteiger partial charge in [0.1, 0.15) is 5.82 Å². The minimum Gasteiger partial charge on any atom is -0.355 e. The van der Waals surface area contributed by atoms with E-state index in [9.17, 15) is 0 Å². The van der Waals surface area contributed by atoms with Crippen LogP contribution in [0.1, 0.15) is 36.1 Å². The molecule has 166 valence electrons. The van der Waals surface area contributed by atoms with Crippen LogP contribution in [0.4, 0.5) is 11.6 Å². The lowest BCUT2D eigenvalue weighted by Gasteiger charge is -2.41. The van der Waals surface area contributed by atoms with E-state index in [2.05, 4.69) is 51.2 Å². The maximum atomic E-state index is 5.98. The SMILES string of the molecule is Clc1ccc(N2CC(c3nccnc3N3CCC(c4ccc5ccccc5n4)CC3)C2)nc1. The molecule has 6 nitrogen and oxygen atoms in total. The van der Waals surface area contributed by atoms with E-state index in [1.807, 2.05) is 24.5 Å². The number of piperidine rings is 1. The van der Waals surface area contributed by atoms with Crippen LogP contribution in [0.5, 0.6) is 0 Å². The number of pyridine rings is 2. The molecule has 0 bridgehead atoms. The van der Waals surface area contributed by atoms with Crippen LogP contribution in [-0.2, 0) is 0 Å². The summed E-state index contributed by atoms with van der Waals surface area (Å²) in [4.78, 5) is 23.5. The van der Waals surface area contributed by atoms with Crippen LogP contribution in [0, 0.1) is 0 Å². The van der Waals surface area contributed by atoms with Crippen LogP contribution < -0.4 is 9.80 Å². The number of para-hydroxylation sites is 1. The Morgan fingerprint density at radius 3 is 2.42 bits per heavy atom. The first-order chi connectivity index (χ1) is 16.2. The zero-order valence-corrected chi connectivity index (χ0v) is 19.1. The van der Waals surface area contributed by atoms with Crippen LogP contribution in [0.15, 0.2) is 67.1 Å². The van der Waals surface area contributed by atoms with Gasteiger partial charge in [0.05, 0.1) is 16.2 Å². The Kier molecular flexibility index (Phi) is 5.30. The van der Waals surface area contributed by atoms with Gasteiger partial charge in [-0.3, -0.25) is 9.97 Å². The van der Waals surface area contributed by atoms with Gasteiger partial charge in [-0.25, -0.2) is 9.97 Å². The molecule has 2 fully saturated rings. The smallest absolute Gasteiger partial charge is 0.150 e. The molecule has 0 unspecified atom stereocenters. The van der Waals surface area contributed by atoms with Crippen LogP contribution >= 0.6 is 11.6 Å². The first kappa shape index (κ1) is 20.4. The fourth-order valence-electron chi connectivity index (χ4n) is 4.96. The van der Waals surface area contributed by atoms with Gasteiger partial charge in [-0.2, -0.15) is 0 Å². The number of anilines is 2. The second kappa shape index (κ2) is 8.60. The van der Waals surface area contributed by atoms with E-state index in [1.165, 1.54) is 11.1 Å². The molecule has 0 amide bonds. The van der Waals surface area contributed by atoms with Crippen molar-refractivity contribution in [3.8, 4) is 0 Å². The van der Waals surface area contributed by atoms with Crippen molar-refractivity contribution in [3.05, 3.63) is 83.5 Å². The molecule has 0 spiro atoms. The Labute approximate surface area is 198 Å². The lowest BCUT2D eigenvalue weighted by molar-refractivity contribution is 0.480. The Hall–Kier alpha value is -3.25. The van der Waals surface area contributed by atoms with Gasteiger partial charge in [-0.15, -0.1) is 0 Å². The Morgan fingerprint density at radius 1 is 0.788 bits per heavy atom. The van der Waals surface area contributed by atoms with Gasteiger partial charge >= 0.3 is 0 Å². The standard InChI is InChI=1S/C26H25ClN6/c27-21-6-8-24(30-15-21)33-16-20(17-33)25-26(29-12-11-28-25)32-13-9-19(10-14-32)23-7-5-18-3-1-2-4-22(18)31-23/h1-8,11-12,15,19-20H,9-10,13-14,16-17H2. The van der Waals surface area contributed by atoms with Crippen LogP contribution in [-0.4, -0.2) is 46.1 Å². The van der Waals surface area contributed by atoms with Gasteiger partial charge < -0.3 is 9.80 Å². The zero-order chi connectivity index (χ0) is 22.2. The molecule has 6 rings (SSSR count). The van der Waals surface area contributed by atoms with Crippen molar-refractivity contribution in [2.45, 2.75) is 24.7 Å². The summed E-state index contributed by atoms with van der Waals surface area (Å²) >= 11 is 5.98. The Balaban J connectivity index is 1.13. The van der Waals surface area contributed by atoms with Gasteiger partial charge in [0.2, 0.25) is 0 Å². The second-order valence-electron chi connectivity index (χ2n) is 8.89. The van der Waals surface area contributed by atoms with Crippen molar-refractivity contribution >= 4 is 34.1 Å². The first-order valence-corrected chi connectivity index (χ1v) is 11.9. The highest BCUT2D eigenvalue weighted by molar-refractivity contribution is 6.30. The van der Waals surface area contributed by atoms with Gasteiger partial charge in [0, 0.05) is 67.7 Å². The minimum atomic E-state index is 0.367. The zero-order valence-electron chi connectivity index (χ0n) is 18.3. The molecule has 3 aromatic heterocycles. The predicted octanol–water partition coefficient (Wildman–Crippen LogP) is 5.06. The summed E-state index contributed by atoms with van der Waals surface area (Å²) < 4.78 is 0. The van der Waals surface area contributed by atoms with Crippen LogP contribution in [0.2, 0.25) is 5.02 Å². The summed E-state index contributed by atoms with van der Waals surface area (Å²) in [6, 6.07) is 16.6. The number of fused-ring (bicyclic) bond motifs is 1. The number of rotatable bonds is 4. The molecule has 0 atom stereocenters. The summed E-state index contributed by atoms with van der Waals surface area (Å²) in [6.45, 7) is 3.75. The Bertz CT molecular complexity index is 1260. The number of benzene rings is 1. The lowest BCUT2D eigenvalue weighted by atomic mass is 9.91. The maximum Gasteiger partial charge on any atom is 0.150 e. The van der Waals surface area contributed by atoms with E-state index >= 15 is 0 Å². The van der Waals surface area contributed by atoms with Crippen molar-refractivity contribution < 1.29 is 0 Å². The predicted molar refractivity (Wildman–Crippen MR) is 132 cm³/mol. The molecular weight excluding hydrogens is 432 g/mol. The van der Waals surface area contributed by atoms with E-state index in [4.69, 9.17) is 26.6 Å². The summed E-state index contributed by atoms with van der Waals surface area (Å²) in [5.41, 5.74) is 3.39. The van der Waals surface area contributed by atoms with Crippen molar-refractivity contribution in [1.29, 1.82) is 0 Å². The van der Waals surface area contributed by atoms with E-state index in [-0.39, 0.29) is 0 Å². The van der Waals surface area contributed by atoms with Crippen LogP contribution in [0.3, 0.4) is 0 Å². The number of hydrogen-bond donors (Lipinski definition) is 0. The van der Waals surface area contributed by atoms with Gasteiger partial charge in [0.15, 0.2) is 5.82 Å². The summed E-state index contributed by atoms with van der Waals surface area (Å²) in [5.74, 6) is 2.85.